The second-order valence-corrected chi connectivity index (χ2v) is 3.84. The van der Waals surface area contributed by atoms with Crippen LogP contribution in [0, 0.1) is 0 Å². The Morgan fingerprint density at radius 3 is 2.45 bits per heavy atom. The van der Waals surface area contributed by atoms with Gasteiger partial charge in [0.2, 0.25) is 0 Å². The minimum Gasteiger partial charge on any atom is -0.384 e. The normalized spacial score (nSPS) is 16.0. The highest BCUT2D eigenvalue weighted by Gasteiger charge is 2.16. The van der Waals surface area contributed by atoms with Gasteiger partial charge < -0.3 is 5.11 Å². The fourth-order valence-corrected chi connectivity index (χ4v) is 0.972. The zero-order chi connectivity index (χ0) is 8.48. The van der Waals surface area contributed by atoms with Gasteiger partial charge in [-0.25, -0.2) is 0 Å². The highest BCUT2D eigenvalue weighted by Crippen LogP contribution is 2.18. The summed E-state index contributed by atoms with van der Waals surface area (Å²) in [5.41, 5.74) is -0.165. The maximum absolute atomic E-state index is 9.50. The van der Waals surface area contributed by atoms with E-state index >= 15 is 0 Å². The van der Waals surface area contributed by atoms with Gasteiger partial charge >= 0.3 is 0 Å². The molecule has 1 atom stereocenters. The van der Waals surface area contributed by atoms with Crippen LogP contribution in [0.2, 0.25) is 0 Å². The predicted octanol–water partition coefficient (Wildman–Crippen LogP) is 2.07. The van der Waals surface area contributed by atoms with Crippen molar-refractivity contribution in [3.63, 3.8) is 0 Å². The molecule has 0 aliphatic rings. The average Bonchev–Trinajstić information content (AvgIpc) is 1.86. The van der Waals surface area contributed by atoms with Crippen molar-refractivity contribution in [2.45, 2.75) is 19.4 Å². The molecule has 0 fully saturated rings. The van der Waals surface area contributed by atoms with E-state index in [9.17, 15) is 5.11 Å². The molecule has 1 aromatic rings. The summed E-state index contributed by atoms with van der Waals surface area (Å²) in [6.07, 6.45) is 1.67. The van der Waals surface area contributed by atoms with E-state index in [-0.39, 0.29) is 0 Å². The molecule has 0 amide bonds. The predicted molar refractivity (Wildman–Crippen MR) is 47.2 cm³/mol. The maximum atomic E-state index is 9.50. The SMILES string of the molecule is C[13C]([13CH3])(O)c1ccc(Br)cn1. The summed E-state index contributed by atoms with van der Waals surface area (Å²) in [7, 11) is 0. The highest BCUT2D eigenvalue weighted by molar-refractivity contribution is 9.10. The second-order valence-electron chi connectivity index (χ2n) is 2.92. The van der Waals surface area contributed by atoms with Crippen LogP contribution in [0.3, 0.4) is 0 Å². The standard InChI is InChI=1S/C8H10BrNO/c1-8(2,11)7-4-3-6(9)5-10-7/h3-5,11H,1-2H3/i1+1,8+1. The van der Waals surface area contributed by atoms with Gasteiger partial charge in [0.15, 0.2) is 0 Å². The van der Waals surface area contributed by atoms with E-state index in [1.807, 2.05) is 6.07 Å². The lowest BCUT2D eigenvalue weighted by atomic mass is 10.4. The lowest BCUT2D eigenvalue weighted by Gasteiger charge is -2.15. The molecule has 2 nitrogen and oxygen atoms in total. The third kappa shape index (κ3) is 2.27. The number of rotatable bonds is 1. The van der Waals surface area contributed by atoms with E-state index in [2.05, 4.69) is 20.9 Å². The smallest absolute Gasteiger partial charge is 0.101 e. The van der Waals surface area contributed by atoms with Crippen LogP contribution in [0.25, 0.3) is 0 Å². The minimum absolute atomic E-state index is 0.681. The molecule has 1 unspecified atom stereocenters. The van der Waals surface area contributed by atoms with Gasteiger partial charge in [0, 0.05) is 10.7 Å². The number of hydrogen-bond acceptors (Lipinski definition) is 2. The molecule has 0 aliphatic heterocycles. The van der Waals surface area contributed by atoms with E-state index in [4.69, 9.17) is 0 Å². The van der Waals surface area contributed by atoms with Crippen molar-refractivity contribution in [1.82, 2.24) is 4.98 Å². The molecule has 1 rings (SSSR count). The van der Waals surface area contributed by atoms with Crippen molar-refractivity contribution in [3.8, 4) is 0 Å². The molecule has 1 aromatic heterocycles. The van der Waals surface area contributed by atoms with E-state index in [0.29, 0.717) is 5.69 Å². The molecular weight excluding hydrogens is 208 g/mol. The van der Waals surface area contributed by atoms with Gasteiger partial charge in [0.1, 0.15) is 5.60 Å². The molecular formula is C8H10BrNO. The highest BCUT2D eigenvalue weighted by atomic mass is 79.9. The molecule has 1 heterocycles. The first-order chi connectivity index (χ1) is 5.00. The van der Waals surface area contributed by atoms with Crippen LogP contribution in [0.5, 0.6) is 0 Å². The summed E-state index contributed by atoms with van der Waals surface area (Å²) in [4.78, 5) is 4.05. The Hall–Kier alpha value is -0.410. The molecule has 0 saturated heterocycles. The maximum Gasteiger partial charge on any atom is 0.101 e. The van der Waals surface area contributed by atoms with E-state index in [1.54, 1.807) is 26.1 Å². The summed E-state index contributed by atoms with van der Waals surface area (Å²) in [6.45, 7) is 3.42. The van der Waals surface area contributed by atoms with Gasteiger partial charge in [-0.2, -0.15) is 0 Å². The van der Waals surface area contributed by atoms with E-state index in [1.165, 1.54) is 0 Å². The molecule has 0 aliphatic carbocycles. The Morgan fingerprint density at radius 2 is 2.09 bits per heavy atom. The van der Waals surface area contributed by atoms with Crippen LogP contribution in [0.15, 0.2) is 22.8 Å². The fraction of sp³-hybridized carbons (Fsp3) is 0.375. The van der Waals surface area contributed by atoms with E-state index in [0.717, 1.165) is 4.47 Å². The second kappa shape index (κ2) is 2.91. The first kappa shape index (κ1) is 8.68. The summed E-state index contributed by atoms with van der Waals surface area (Å²) in [5.74, 6) is 0. The van der Waals surface area contributed by atoms with Gasteiger partial charge in [-0.05, 0) is 41.9 Å². The van der Waals surface area contributed by atoms with Crippen molar-refractivity contribution in [3.05, 3.63) is 28.5 Å². The zero-order valence-corrected chi connectivity index (χ0v) is 8.09. The van der Waals surface area contributed by atoms with Crippen molar-refractivity contribution in [2.75, 3.05) is 0 Å². The van der Waals surface area contributed by atoms with E-state index < -0.39 is 5.60 Å². The van der Waals surface area contributed by atoms with Gasteiger partial charge in [0.25, 0.3) is 0 Å². The molecule has 1 N–H and O–H groups in total. The first-order valence-electron chi connectivity index (χ1n) is 3.34. The van der Waals surface area contributed by atoms with Crippen LogP contribution in [-0.4, -0.2) is 10.1 Å². The number of pyridine rings is 1. The van der Waals surface area contributed by atoms with Gasteiger partial charge in [0.05, 0.1) is 5.69 Å². The van der Waals surface area contributed by atoms with Crippen molar-refractivity contribution >= 4 is 15.9 Å². The lowest BCUT2D eigenvalue weighted by molar-refractivity contribution is 0.0738. The van der Waals surface area contributed by atoms with Gasteiger partial charge in [-0.15, -0.1) is 0 Å². The Balaban J connectivity index is 2.99. The molecule has 0 saturated carbocycles. The van der Waals surface area contributed by atoms with Gasteiger partial charge in [-0.1, -0.05) is 0 Å². The Morgan fingerprint density at radius 1 is 1.45 bits per heavy atom. The molecule has 0 radical (unpaired) electrons. The molecule has 0 bridgehead atoms. The number of nitrogens with zero attached hydrogens (tertiary/aromatic N) is 1. The molecule has 11 heavy (non-hydrogen) atoms. The third-order valence-corrected chi connectivity index (χ3v) is 1.82. The van der Waals surface area contributed by atoms with Crippen molar-refractivity contribution < 1.29 is 5.11 Å². The summed E-state index contributed by atoms with van der Waals surface area (Å²) in [5, 5.41) is 9.50. The molecule has 60 valence electrons. The number of aromatic nitrogens is 1. The quantitative estimate of drug-likeness (QED) is 0.732. The fourth-order valence-electron chi connectivity index (χ4n) is 0.738. The van der Waals surface area contributed by atoms with Crippen molar-refractivity contribution in [2.24, 2.45) is 0 Å². The zero-order valence-electron chi connectivity index (χ0n) is 6.50. The summed E-state index contributed by atoms with van der Waals surface area (Å²) >= 11 is 3.27. The largest absolute Gasteiger partial charge is 0.384 e. The number of aliphatic hydroxyl groups is 1. The number of hydrogen-bond donors (Lipinski definition) is 1. The summed E-state index contributed by atoms with van der Waals surface area (Å²) in [6, 6.07) is 3.66. The Bertz CT molecular complexity index is 237. The lowest BCUT2D eigenvalue weighted by Crippen LogP contribution is -2.16. The van der Waals surface area contributed by atoms with Crippen LogP contribution in [0.4, 0.5) is 0 Å². The van der Waals surface area contributed by atoms with Gasteiger partial charge in [-0.3, -0.25) is 4.98 Å². The first-order valence-corrected chi connectivity index (χ1v) is 4.14. The third-order valence-electron chi connectivity index (χ3n) is 1.35. The topological polar surface area (TPSA) is 33.1 Å². The summed E-state index contributed by atoms with van der Waals surface area (Å²) < 4.78 is 0.922. The average molecular weight is 218 g/mol. The molecule has 3 heteroatoms. The molecule has 0 aromatic carbocycles. The molecule has 0 spiro atoms. The van der Waals surface area contributed by atoms with Crippen LogP contribution in [0.1, 0.15) is 19.5 Å². The number of halogens is 1. The van der Waals surface area contributed by atoms with Crippen LogP contribution < -0.4 is 0 Å². The minimum atomic E-state index is -0.847. The Kier molecular flexibility index (Phi) is 2.30. The van der Waals surface area contributed by atoms with Crippen molar-refractivity contribution in [1.29, 1.82) is 0 Å². The Labute approximate surface area is 74.4 Å². The van der Waals surface area contributed by atoms with Crippen LogP contribution >= 0.6 is 15.9 Å². The van der Waals surface area contributed by atoms with Crippen LogP contribution in [-0.2, 0) is 5.60 Å². The monoisotopic (exact) mass is 217 g/mol.